The molecule has 1 aromatic heterocycles. The van der Waals surface area contributed by atoms with E-state index in [2.05, 4.69) is 57.9 Å². The zero-order valence-corrected chi connectivity index (χ0v) is 13.4. The minimum absolute atomic E-state index is 0.712. The van der Waals surface area contributed by atoms with Gasteiger partial charge >= 0.3 is 0 Å². The monoisotopic (exact) mass is 298 g/mol. The van der Waals surface area contributed by atoms with Gasteiger partial charge in [-0.25, -0.2) is 4.98 Å². The van der Waals surface area contributed by atoms with Crippen molar-refractivity contribution < 1.29 is 0 Å². The van der Waals surface area contributed by atoms with Crippen molar-refractivity contribution in [3.63, 3.8) is 0 Å². The minimum Gasteiger partial charge on any atom is -0.370 e. The molecule has 0 aliphatic carbocycles. The number of aromatic nitrogens is 2. The van der Waals surface area contributed by atoms with E-state index in [9.17, 15) is 0 Å². The van der Waals surface area contributed by atoms with Gasteiger partial charge in [-0.2, -0.15) is 4.98 Å². The lowest BCUT2D eigenvalue weighted by atomic mass is 10.1. The number of hydrogen-bond donors (Lipinski definition) is 2. The summed E-state index contributed by atoms with van der Waals surface area (Å²) in [6.07, 6.45) is 7.60. The highest BCUT2D eigenvalue weighted by Crippen LogP contribution is 2.07. The van der Waals surface area contributed by atoms with Crippen molar-refractivity contribution in [3.05, 3.63) is 48.2 Å². The lowest BCUT2D eigenvalue weighted by Gasteiger charge is -2.08. The van der Waals surface area contributed by atoms with Gasteiger partial charge in [0.25, 0.3) is 0 Å². The Morgan fingerprint density at radius 3 is 2.55 bits per heavy atom. The van der Waals surface area contributed by atoms with E-state index < -0.39 is 0 Å². The van der Waals surface area contributed by atoms with Crippen molar-refractivity contribution in [2.75, 3.05) is 23.7 Å². The van der Waals surface area contributed by atoms with Gasteiger partial charge < -0.3 is 10.6 Å². The van der Waals surface area contributed by atoms with E-state index in [1.807, 2.05) is 6.07 Å². The van der Waals surface area contributed by atoms with Gasteiger partial charge in [0.05, 0.1) is 0 Å². The predicted molar refractivity (Wildman–Crippen MR) is 93.3 cm³/mol. The van der Waals surface area contributed by atoms with Crippen molar-refractivity contribution in [1.82, 2.24) is 9.97 Å². The van der Waals surface area contributed by atoms with Crippen LogP contribution in [0.15, 0.2) is 42.6 Å². The van der Waals surface area contributed by atoms with Crippen LogP contribution in [-0.2, 0) is 6.42 Å². The lowest BCUT2D eigenvalue weighted by molar-refractivity contribution is 0.740. The fourth-order valence-electron chi connectivity index (χ4n) is 2.27. The highest BCUT2D eigenvalue weighted by molar-refractivity contribution is 5.39. The van der Waals surface area contributed by atoms with Gasteiger partial charge in [-0.1, -0.05) is 50.1 Å². The van der Waals surface area contributed by atoms with Crippen molar-refractivity contribution >= 4 is 11.8 Å². The topological polar surface area (TPSA) is 49.8 Å². The lowest BCUT2D eigenvalue weighted by Crippen LogP contribution is -2.09. The van der Waals surface area contributed by atoms with Gasteiger partial charge in [-0.05, 0) is 30.9 Å². The first kappa shape index (κ1) is 16.3. The number of rotatable bonds is 10. The van der Waals surface area contributed by atoms with E-state index in [1.165, 1.54) is 18.4 Å². The first-order chi connectivity index (χ1) is 10.9. The van der Waals surface area contributed by atoms with Crippen LogP contribution < -0.4 is 10.6 Å². The van der Waals surface area contributed by atoms with Crippen LogP contribution in [0, 0.1) is 0 Å². The Morgan fingerprint density at radius 2 is 1.73 bits per heavy atom. The first-order valence-corrected chi connectivity index (χ1v) is 8.23. The van der Waals surface area contributed by atoms with Gasteiger partial charge in [-0.3, -0.25) is 0 Å². The van der Waals surface area contributed by atoms with E-state index in [-0.39, 0.29) is 0 Å². The summed E-state index contributed by atoms with van der Waals surface area (Å²) in [4.78, 5) is 8.73. The summed E-state index contributed by atoms with van der Waals surface area (Å²) in [5.41, 5.74) is 1.38. The van der Waals surface area contributed by atoms with E-state index in [1.54, 1.807) is 6.20 Å². The average molecular weight is 298 g/mol. The van der Waals surface area contributed by atoms with Crippen LogP contribution in [0.2, 0.25) is 0 Å². The zero-order chi connectivity index (χ0) is 15.5. The van der Waals surface area contributed by atoms with E-state index in [0.717, 1.165) is 38.2 Å². The quantitative estimate of drug-likeness (QED) is 0.648. The molecule has 0 atom stereocenters. The number of benzene rings is 1. The molecule has 0 spiro atoms. The highest BCUT2D eigenvalue weighted by Gasteiger charge is 1.98. The van der Waals surface area contributed by atoms with Crippen molar-refractivity contribution in [2.45, 2.75) is 39.0 Å². The van der Waals surface area contributed by atoms with Crippen LogP contribution in [0.1, 0.15) is 38.2 Å². The molecule has 0 saturated carbocycles. The summed E-state index contributed by atoms with van der Waals surface area (Å²) < 4.78 is 0. The fourth-order valence-corrected chi connectivity index (χ4v) is 2.27. The number of anilines is 2. The summed E-state index contributed by atoms with van der Waals surface area (Å²) in [7, 11) is 0. The number of hydrogen-bond acceptors (Lipinski definition) is 4. The summed E-state index contributed by atoms with van der Waals surface area (Å²) in [5, 5.41) is 6.64. The van der Waals surface area contributed by atoms with E-state index in [4.69, 9.17) is 0 Å². The molecule has 1 aromatic carbocycles. The normalized spacial score (nSPS) is 10.4. The molecule has 0 aliphatic rings. The van der Waals surface area contributed by atoms with Crippen LogP contribution in [-0.4, -0.2) is 23.1 Å². The summed E-state index contributed by atoms with van der Waals surface area (Å²) >= 11 is 0. The van der Waals surface area contributed by atoms with Crippen LogP contribution in [0.25, 0.3) is 0 Å². The van der Waals surface area contributed by atoms with Gasteiger partial charge in [-0.15, -0.1) is 0 Å². The Labute approximate surface area is 133 Å². The highest BCUT2D eigenvalue weighted by atomic mass is 15.1. The summed E-state index contributed by atoms with van der Waals surface area (Å²) in [6, 6.07) is 12.5. The van der Waals surface area contributed by atoms with Gasteiger partial charge in [0, 0.05) is 19.3 Å². The Hall–Kier alpha value is -2.10. The molecule has 0 unspecified atom stereocenters. The molecule has 0 saturated heterocycles. The molecule has 2 aromatic rings. The van der Waals surface area contributed by atoms with Gasteiger partial charge in [0.1, 0.15) is 5.82 Å². The smallest absolute Gasteiger partial charge is 0.224 e. The molecule has 118 valence electrons. The summed E-state index contributed by atoms with van der Waals surface area (Å²) in [5.74, 6) is 1.60. The second-order valence-electron chi connectivity index (χ2n) is 5.42. The standard InChI is InChI=1S/C18H26N4/c1-2-3-7-13-20-18-21-15-12-17(22-18)19-14-8-11-16-9-5-4-6-10-16/h4-6,9-10,12,15H,2-3,7-8,11,13-14H2,1H3,(H2,19,20,21,22). The molecule has 4 nitrogen and oxygen atoms in total. The predicted octanol–water partition coefficient (Wildman–Crippen LogP) is 4.12. The molecule has 0 aliphatic heterocycles. The van der Waals surface area contributed by atoms with Crippen LogP contribution in [0.3, 0.4) is 0 Å². The van der Waals surface area contributed by atoms with Crippen LogP contribution in [0.5, 0.6) is 0 Å². The van der Waals surface area contributed by atoms with Gasteiger partial charge in [0.2, 0.25) is 5.95 Å². The molecular weight excluding hydrogens is 272 g/mol. The molecule has 0 amide bonds. The third-order valence-corrected chi connectivity index (χ3v) is 3.51. The molecule has 4 heteroatoms. The largest absolute Gasteiger partial charge is 0.370 e. The van der Waals surface area contributed by atoms with Crippen molar-refractivity contribution in [3.8, 4) is 0 Å². The SMILES string of the molecule is CCCCCNc1nccc(NCCCc2ccccc2)n1. The molecule has 22 heavy (non-hydrogen) atoms. The molecular formula is C18H26N4. The molecule has 1 heterocycles. The fraction of sp³-hybridized carbons (Fsp3) is 0.444. The number of nitrogens with one attached hydrogen (secondary N) is 2. The average Bonchev–Trinajstić information content (AvgIpc) is 2.57. The zero-order valence-electron chi connectivity index (χ0n) is 13.4. The van der Waals surface area contributed by atoms with Crippen molar-refractivity contribution in [1.29, 1.82) is 0 Å². The maximum Gasteiger partial charge on any atom is 0.224 e. The maximum absolute atomic E-state index is 4.48. The molecule has 2 rings (SSSR count). The maximum atomic E-state index is 4.48. The number of unbranched alkanes of at least 4 members (excludes halogenated alkanes) is 2. The Balaban J connectivity index is 1.69. The Morgan fingerprint density at radius 1 is 0.909 bits per heavy atom. The third kappa shape index (κ3) is 6.12. The van der Waals surface area contributed by atoms with Crippen LogP contribution >= 0.6 is 0 Å². The second-order valence-corrected chi connectivity index (χ2v) is 5.42. The molecule has 0 radical (unpaired) electrons. The van der Waals surface area contributed by atoms with Crippen LogP contribution in [0.4, 0.5) is 11.8 Å². The van der Waals surface area contributed by atoms with Gasteiger partial charge in [0.15, 0.2) is 0 Å². The molecule has 2 N–H and O–H groups in total. The molecule has 0 fully saturated rings. The molecule has 0 bridgehead atoms. The Kier molecular flexibility index (Phi) is 7.22. The Bertz CT molecular complexity index is 528. The minimum atomic E-state index is 0.712. The second kappa shape index (κ2) is 9.77. The number of nitrogens with zero attached hydrogens (tertiary/aromatic N) is 2. The first-order valence-electron chi connectivity index (χ1n) is 8.23. The third-order valence-electron chi connectivity index (χ3n) is 3.51. The summed E-state index contributed by atoms with van der Waals surface area (Å²) in [6.45, 7) is 4.06. The van der Waals surface area contributed by atoms with E-state index in [0.29, 0.717) is 5.95 Å². The number of aryl methyl sites for hydroxylation is 1. The van der Waals surface area contributed by atoms with Crippen molar-refractivity contribution in [2.24, 2.45) is 0 Å². The van der Waals surface area contributed by atoms with E-state index >= 15 is 0 Å².